The Hall–Kier alpha value is -3.40. The van der Waals surface area contributed by atoms with Crippen molar-refractivity contribution in [1.29, 1.82) is 0 Å². The number of fused-ring (bicyclic) bond motifs is 1. The smallest absolute Gasteiger partial charge is 0.305 e. The van der Waals surface area contributed by atoms with Gasteiger partial charge in [0.2, 0.25) is 0 Å². The summed E-state index contributed by atoms with van der Waals surface area (Å²) in [6.45, 7) is 0. The van der Waals surface area contributed by atoms with Crippen LogP contribution >= 0.6 is 0 Å². The molecule has 3 aromatic carbocycles. The van der Waals surface area contributed by atoms with Crippen LogP contribution in [0.25, 0.3) is 16.7 Å². The van der Waals surface area contributed by atoms with Crippen LogP contribution in [0.3, 0.4) is 0 Å². The summed E-state index contributed by atoms with van der Waals surface area (Å²) < 4.78 is 1.60. The quantitative estimate of drug-likeness (QED) is 0.588. The maximum Gasteiger partial charge on any atom is 0.331 e. The number of carbonyl (C=O) groups is 1. The number of para-hydroxylation sites is 2. The molecule has 0 saturated heterocycles. The molecule has 0 unspecified atom stereocenters. The number of H-pyrrole nitrogens is 1. The maximum atomic E-state index is 12.4. The molecule has 24 heavy (non-hydrogen) atoms. The number of hydrogen-bond donors (Lipinski definition) is 1. The van der Waals surface area contributed by atoms with Crippen molar-refractivity contribution in [2.75, 3.05) is 0 Å². The fraction of sp³-hybridized carbons (Fsp3) is 0. The number of hydrogen-bond acceptors (Lipinski definition) is 2. The summed E-state index contributed by atoms with van der Waals surface area (Å²) in [6.07, 6.45) is 0. The Balaban J connectivity index is 1.75. The van der Waals surface area contributed by atoms with E-state index in [4.69, 9.17) is 0 Å². The third-order valence-electron chi connectivity index (χ3n) is 4.01. The highest BCUT2D eigenvalue weighted by atomic mass is 16.1. The number of benzene rings is 3. The van der Waals surface area contributed by atoms with E-state index in [-0.39, 0.29) is 11.5 Å². The van der Waals surface area contributed by atoms with Crippen LogP contribution in [0.15, 0.2) is 83.7 Å². The lowest BCUT2D eigenvalue weighted by atomic mass is 10.0. The molecule has 0 radical (unpaired) electrons. The molecule has 0 aliphatic rings. The number of nitrogens with one attached hydrogen (secondary N) is 1. The lowest BCUT2D eigenvalue weighted by molar-refractivity contribution is 0.103. The Morgan fingerprint density at radius 3 is 2.12 bits per heavy atom. The van der Waals surface area contributed by atoms with Gasteiger partial charge in [0.1, 0.15) is 0 Å². The largest absolute Gasteiger partial charge is 0.331 e. The third kappa shape index (κ3) is 2.34. The van der Waals surface area contributed by atoms with Crippen LogP contribution in [-0.2, 0) is 0 Å². The Morgan fingerprint density at radius 1 is 0.750 bits per heavy atom. The first-order chi connectivity index (χ1) is 11.7. The van der Waals surface area contributed by atoms with Gasteiger partial charge in [-0.2, -0.15) is 0 Å². The number of nitrogens with zero attached hydrogens (tertiary/aromatic N) is 1. The highest BCUT2D eigenvalue weighted by Crippen LogP contribution is 2.17. The minimum absolute atomic E-state index is 0.0339. The van der Waals surface area contributed by atoms with Crippen molar-refractivity contribution in [2.45, 2.75) is 0 Å². The van der Waals surface area contributed by atoms with Crippen molar-refractivity contribution in [3.05, 3.63) is 100 Å². The van der Waals surface area contributed by atoms with Crippen LogP contribution < -0.4 is 5.69 Å². The van der Waals surface area contributed by atoms with Gasteiger partial charge >= 0.3 is 5.69 Å². The first kappa shape index (κ1) is 14.2. The zero-order valence-corrected chi connectivity index (χ0v) is 12.8. The van der Waals surface area contributed by atoms with Crippen molar-refractivity contribution in [1.82, 2.24) is 9.55 Å². The zero-order chi connectivity index (χ0) is 16.5. The molecule has 4 aromatic rings. The molecule has 1 N–H and O–H groups in total. The Labute approximate surface area is 138 Å². The van der Waals surface area contributed by atoms with Gasteiger partial charge in [0.15, 0.2) is 5.78 Å². The summed E-state index contributed by atoms with van der Waals surface area (Å²) in [4.78, 5) is 27.5. The molecule has 4 heteroatoms. The van der Waals surface area contributed by atoms with Crippen molar-refractivity contribution < 1.29 is 4.79 Å². The molecule has 4 nitrogen and oxygen atoms in total. The first-order valence-corrected chi connectivity index (χ1v) is 7.64. The van der Waals surface area contributed by atoms with E-state index < -0.39 is 0 Å². The lowest BCUT2D eigenvalue weighted by Gasteiger charge is -2.05. The summed E-state index contributed by atoms with van der Waals surface area (Å²) in [7, 11) is 0. The van der Waals surface area contributed by atoms with Crippen molar-refractivity contribution in [3.63, 3.8) is 0 Å². The summed E-state index contributed by atoms with van der Waals surface area (Å²) in [5.41, 5.74) is 3.37. The van der Waals surface area contributed by atoms with E-state index in [1.165, 1.54) is 0 Å². The van der Waals surface area contributed by atoms with Crippen LogP contribution in [-0.4, -0.2) is 15.3 Å². The van der Waals surface area contributed by atoms with Gasteiger partial charge in [0.25, 0.3) is 0 Å². The summed E-state index contributed by atoms with van der Waals surface area (Å²) in [5, 5.41) is 0. The van der Waals surface area contributed by atoms with Gasteiger partial charge in [-0.3, -0.25) is 9.36 Å². The fourth-order valence-corrected chi connectivity index (χ4v) is 2.83. The number of imidazole rings is 1. The van der Waals surface area contributed by atoms with E-state index in [1.807, 2.05) is 42.5 Å². The monoisotopic (exact) mass is 314 g/mol. The lowest BCUT2D eigenvalue weighted by Crippen LogP contribution is -2.14. The minimum atomic E-state index is -0.196. The molecule has 1 heterocycles. The molecule has 0 aliphatic carbocycles. The van der Waals surface area contributed by atoms with Gasteiger partial charge in [-0.15, -0.1) is 0 Å². The van der Waals surface area contributed by atoms with Crippen LogP contribution in [0, 0.1) is 0 Å². The van der Waals surface area contributed by atoms with Gasteiger partial charge in [0, 0.05) is 11.1 Å². The SMILES string of the molecule is O=C(c1ccccc1)c1ccc(-n2c(=O)[nH]c3ccccc32)cc1. The van der Waals surface area contributed by atoms with Crippen LogP contribution in [0.2, 0.25) is 0 Å². The maximum absolute atomic E-state index is 12.4. The molecular formula is C20H14N2O2. The predicted molar refractivity (Wildman–Crippen MR) is 93.8 cm³/mol. The Bertz CT molecular complexity index is 1070. The second-order valence-corrected chi connectivity index (χ2v) is 5.52. The summed E-state index contributed by atoms with van der Waals surface area (Å²) >= 11 is 0. The minimum Gasteiger partial charge on any atom is -0.305 e. The van der Waals surface area contributed by atoms with E-state index in [1.54, 1.807) is 41.0 Å². The van der Waals surface area contributed by atoms with E-state index in [0.717, 1.165) is 16.7 Å². The molecule has 0 atom stereocenters. The summed E-state index contributed by atoms with van der Waals surface area (Å²) in [6, 6.07) is 23.7. The van der Waals surface area contributed by atoms with Crippen LogP contribution in [0.5, 0.6) is 0 Å². The molecule has 0 amide bonds. The van der Waals surface area contributed by atoms with E-state index in [2.05, 4.69) is 4.98 Å². The number of carbonyl (C=O) groups excluding carboxylic acids is 1. The van der Waals surface area contributed by atoms with E-state index in [0.29, 0.717) is 11.1 Å². The highest BCUT2D eigenvalue weighted by Gasteiger charge is 2.11. The molecule has 0 fully saturated rings. The average molecular weight is 314 g/mol. The first-order valence-electron chi connectivity index (χ1n) is 7.64. The van der Waals surface area contributed by atoms with Gasteiger partial charge in [-0.05, 0) is 36.4 Å². The van der Waals surface area contributed by atoms with Crippen molar-refractivity contribution in [3.8, 4) is 5.69 Å². The third-order valence-corrected chi connectivity index (χ3v) is 4.01. The molecule has 4 rings (SSSR count). The van der Waals surface area contributed by atoms with Crippen LogP contribution in [0.4, 0.5) is 0 Å². The molecule has 116 valence electrons. The van der Waals surface area contributed by atoms with Crippen molar-refractivity contribution >= 4 is 16.8 Å². The van der Waals surface area contributed by atoms with E-state index >= 15 is 0 Å². The van der Waals surface area contributed by atoms with E-state index in [9.17, 15) is 9.59 Å². The number of rotatable bonds is 3. The Morgan fingerprint density at radius 2 is 1.38 bits per heavy atom. The van der Waals surface area contributed by atoms with Gasteiger partial charge < -0.3 is 4.98 Å². The molecule has 0 spiro atoms. The van der Waals surface area contributed by atoms with Gasteiger partial charge in [-0.1, -0.05) is 42.5 Å². The molecule has 0 aliphatic heterocycles. The molecule has 1 aromatic heterocycles. The Kier molecular flexibility index (Phi) is 3.35. The average Bonchev–Trinajstić information content (AvgIpc) is 2.98. The highest BCUT2D eigenvalue weighted by molar-refractivity contribution is 6.09. The van der Waals surface area contributed by atoms with Crippen LogP contribution in [0.1, 0.15) is 15.9 Å². The molecule has 0 bridgehead atoms. The molecule has 0 saturated carbocycles. The van der Waals surface area contributed by atoms with Gasteiger partial charge in [0.05, 0.1) is 16.7 Å². The number of ketones is 1. The topological polar surface area (TPSA) is 54.9 Å². The standard InChI is InChI=1S/C20H14N2O2/c23-19(14-6-2-1-3-7-14)15-10-12-16(13-11-15)22-18-9-5-4-8-17(18)21-20(22)24/h1-13H,(H,21,24). The van der Waals surface area contributed by atoms with Crippen molar-refractivity contribution in [2.24, 2.45) is 0 Å². The fourth-order valence-electron chi connectivity index (χ4n) is 2.83. The van der Waals surface area contributed by atoms with Gasteiger partial charge in [-0.25, -0.2) is 4.79 Å². The predicted octanol–water partition coefficient (Wildman–Crippen LogP) is 3.55. The normalized spacial score (nSPS) is 10.8. The zero-order valence-electron chi connectivity index (χ0n) is 12.8. The second-order valence-electron chi connectivity index (χ2n) is 5.52. The summed E-state index contributed by atoms with van der Waals surface area (Å²) in [5.74, 6) is -0.0339. The number of aromatic amines is 1. The second kappa shape index (κ2) is 5.66. The molecular weight excluding hydrogens is 300 g/mol. The number of aromatic nitrogens is 2.